The quantitative estimate of drug-likeness (QED) is 0.860. The second kappa shape index (κ2) is 5.31. The van der Waals surface area contributed by atoms with Crippen molar-refractivity contribution in [1.29, 1.82) is 0 Å². The first-order valence-electron chi connectivity index (χ1n) is 7.34. The van der Waals surface area contributed by atoms with E-state index in [1.165, 1.54) is 44.1 Å². The van der Waals surface area contributed by atoms with E-state index in [4.69, 9.17) is 10.5 Å². The molecule has 2 atom stereocenters. The Hall–Kier alpha value is -1.02. The first-order chi connectivity index (χ1) is 8.83. The lowest BCUT2D eigenvalue weighted by Crippen LogP contribution is -2.31. The summed E-state index contributed by atoms with van der Waals surface area (Å²) in [4.78, 5) is 0. The van der Waals surface area contributed by atoms with Crippen molar-refractivity contribution in [3.63, 3.8) is 0 Å². The first-order valence-corrected chi connectivity index (χ1v) is 7.34. The van der Waals surface area contributed by atoms with Crippen LogP contribution in [0.5, 0.6) is 5.75 Å². The van der Waals surface area contributed by atoms with E-state index in [2.05, 4.69) is 12.1 Å². The van der Waals surface area contributed by atoms with Gasteiger partial charge in [-0.15, -0.1) is 0 Å². The van der Waals surface area contributed by atoms with Crippen LogP contribution in [0.3, 0.4) is 0 Å². The van der Waals surface area contributed by atoms with Gasteiger partial charge in [-0.2, -0.15) is 0 Å². The van der Waals surface area contributed by atoms with Gasteiger partial charge in [0.15, 0.2) is 0 Å². The Morgan fingerprint density at radius 3 is 2.72 bits per heavy atom. The van der Waals surface area contributed by atoms with Crippen LogP contribution in [0.1, 0.15) is 56.6 Å². The van der Waals surface area contributed by atoms with Crippen LogP contribution in [0, 0.1) is 5.92 Å². The Morgan fingerprint density at radius 1 is 1.11 bits per heavy atom. The number of nitrogens with two attached hydrogens (primary N) is 1. The maximum atomic E-state index is 6.26. The number of ether oxygens (including phenoxy) is 1. The predicted molar refractivity (Wildman–Crippen MR) is 73.6 cm³/mol. The Morgan fingerprint density at radius 2 is 1.89 bits per heavy atom. The zero-order chi connectivity index (χ0) is 12.4. The Bertz CT molecular complexity index is 398. The summed E-state index contributed by atoms with van der Waals surface area (Å²) in [5, 5.41) is 0. The van der Waals surface area contributed by atoms with E-state index in [0.29, 0.717) is 6.10 Å². The second-order valence-corrected chi connectivity index (χ2v) is 5.86. The fourth-order valence-electron chi connectivity index (χ4n) is 3.47. The van der Waals surface area contributed by atoms with E-state index < -0.39 is 0 Å². The topological polar surface area (TPSA) is 35.2 Å². The predicted octanol–water partition coefficient (Wildman–Crippen LogP) is 3.81. The third-order valence-electron chi connectivity index (χ3n) is 4.45. The average molecular weight is 245 g/mol. The number of benzene rings is 1. The molecule has 1 aromatic rings. The van der Waals surface area contributed by atoms with Crippen molar-refractivity contribution in [2.45, 2.75) is 57.1 Å². The lowest BCUT2D eigenvalue weighted by atomic mass is 9.83. The molecule has 3 rings (SSSR count). The zero-order valence-corrected chi connectivity index (χ0v) is 11.0. The first kappa shape index (κ1) is 12.0. The monoisotopic (exact) mass is 245 g/mol. The molecule has 1 aliphatic carbocycles. The normalized spacial score (nSPS) is 28.5. The van der Waals surface area contributed by atoms with Crippen molar-refractivity contribution >= 4 is 0 Å². The standard InChI is InChI=1S/C16H23NO/c17-15-11-13(10-12-6-2-1-3-7-12)18-16-9-5-4-8-14(15)16/h4-5,8-9,12-13,15H,1-3,6-7,10-11,17H2. The highest BCUT2D eigenvalue weighted by Gasteiger charge is 2.28. The summed E-state index contributed by atoms with van der Waals surface area (Å²) in [5.41, 5.74) is 7.44. The minimum atomic E-state index is 0.156. The number of fused-ring (bicyclic) bond motifs is 1. The molecule has 1 aromatic carbocycles. The fraction of sp³-hybridized carbons (Fsp3) is 0.625. The van der Waals surface area contributed by atoms with Crippen molar-refractivity contribution in [2.75, 3.05) is 0 Å². The Labute approximate surface area is 110 Å². The molecule has 0 bridgehead atoms. The molecule has 1 heterocycles. The highest BCUT2D eigenvalue weighted by molar-refractivity contribution is 5.37. The Balaban J connectivity index is 1.66. The van der Waals surface area contributed by atoms with Crippen LogP contribution in [0.2, 0.25) is 0 Å². The van der Waals surface area contributed by atoms with Gasteiger partial charge in [-0.25, -0.2) is 0 Å². The third kappa shape index (κ3) is 2.54. The zero-order valence-electron chi connectivity index (χ0n) is 11.0. The van der Waals surface area contributed by atoms with Crippen LogP contribution in [0.15, 0.2) is 24.3 Å². The number of hydrogen-bond acceptors (Lipinski definition) is 2. The highest BCUT2D eigenvalue weighted by atomic mass is 16.5. The molecule has 0 amide bonds. The summed E-state index contributed by atoms with van der Waals surface area (Å²) in [6, 6.07) is 8.39. The van der Waals surface area contributed by atoms with Crippen LogP contribution in [-0.2, 0) is 0 Å². The number of para-hydroxylation sites is 1. The molecule has 1 fully saturated rings. The van der Waals surface area contributed by atoms with E-state index in [1.54, 1.807) is 0 Å². The summed E-state index contributed by atoms with van der Waals surface area (Å²) in [6.07, 6.45) is 9.51. The fourth-order valence-corrected chi connectivity index (χ4v) is 3.47. The van der Waals surface area contributed by atoms with Crippen LogP contribution in [0.25, 0.3) is 0 Å². The molecular formula is C16H23NO. The lowest BCUT2D eigenvalue weighted by Gasteiger charge is -2.33. The van der Waals surface area contributed by atoms with Gasteiger partial charge in [-0.1, -0.05) is 50.3 Å². The molecule has 2 nitrogen and oxygen atoms in total. The van der Waals surface area contributed by atoms with E-state index in [-0.39, 0.29) is 6.04 Å². The molecule has 98 valence electrons. The van der Waals surface area contributed by atoms with Gasteiger partial charge in [0, 0.05) is 18.0 Å². The van der Waals surface area contributed by atoms with E-state index in [0.717, 1.165) is 18.1 Å². The van der Waals surface area contributed by atoms with Gasteiger partial charge in [-0.3, -0.25) is 0 Å². The smallest absolute Gasteiger partial charge is 0.124 e. The molecule has 1 aliphatic heterocycles. The molecular weight excluding hydrogens is 222 g/mol. The number of hydrogen-bond donors (Lipinski definition) is 1. The summed E-state index contributed by atoms with van der Waals surface area (Å²) in [7, 11) is 0. The highest BCUT2D eigenvalue weighted by Crippen LogP contribution is 2.37. The maximum Gasteiger partial charge on any atom is 0.124 e. The molecule has 2 aliphatic rings. The van der Waals surface area contributed by atoms with Gasteiger partial charge < -0.3 is 10.5 Å². The molecule has 2 N–H and O–H groups in total. The van der Waals surface area contributed by atoms with E-state index >= 15 is 0 Å². The van der Waals surface area contributed by atoms with Crippen molar-refractivity contribution in [3.05, 3.63) is 29.8 Å². The molecule has 0 saturated heterocycles. The largest absolute Gasteiger partial charge is 0.490 e. The molecule has 2 heteroatoms. The van der Waals surface area contributed by atoms with Crippen molar-refractivity contribution < 1.29 is 4.74 Å². The van der Waals surface area contributed by atoms with Crippen LogP contribution in [-0.4, -0.2) is 6.10 Å². The van der Waals surface area contributed by atoms with Gasteiger partial charge in [0.2, 0.25) is 0 Å². The molecule has 2 unspecified atom stereocenters. The van der Waals surface area contributed by atoms with Gasteiger partial charge in [-0.05, 0) is 18.4 Å². The van der Waals surface area contributed by atoms with Crippen LogP contribution < -0.4 is 10.5 Å². The number of rotatable bonds is 2. The molecule has 0 radical (unpaired) electrons. The minimum absolute atomic E-state index is 0.156. The van der Waals surface area contributed by atoms with E-state index in [1.807, 2.05) is 12.1 Å². The van der Waals surface area contributed by atoms with Gasteiger partial charge in [0.05, 0.1) is 0 Å². The molecule has 0 aromatic heterocycles. The van der Waals surface area contributed by atoms with Crippen molar-refractivity contribution in [1.82, 2.24) is 0 Å². The summed E-state index contributed by atoms with van der Waals surface area (Å²) < 4.78 is 6.13. The molecule has 0 spiro atoms. The molecule has 1 saturated carbocycles. The summed E-state index contributed by atoms with van der Waals surface area (Å²) in [6.45, 7) is 0. The maximum absolute atomic E-state index is 6.26. The van der Waals surface area contributed by atoms with Gasteiger partial charge in [0.25, 0.3) is 0 Å². The Kier molecular flexibility index (Phi) is 3.55. The average Bonchev–Trinajstić information content (AvgIpc) is 2.40. The summed E-state index contributed by atoms with van der Waals surface area (Å²) in [5.74, 6) is 1.87. The SMILES string of the molecule is NC1CC(CC2CCCCC2)Oc2ccccc21. The second-order valence-electron chi connectivity index (χ2n) is 5.86. The lowest BCUT2D eigenvalue weighted by molar-refractivity contribution is 0.120. The summed E-state index contributed by atoms with van der Waals surface area (Å²) >= 11 is 0. The van der Waals surface area contributed by atoms with Gasteiger partial charge in [0.1, 0.15) is 11.9 Å². The van der Waals surface area contributed by atoms with Crippen LogP contribution in [0.4, 0.5) is 0 Å². The van der Waals surface area contributed by atoms with Gasteiger partial charge >= 0.3 is 0 Å². The van der Waals surface area contributed by atoms with Crippen LogP contribution >= 0.6 is 0 Å². The third-order valence-corrected chi connectivity index (χ3v) is 4.45. The molecule has 18 heavy (non-hydrogen) atoms. The van der Waals surface area contributed by atoms with Crippen molar-refractivity contribution in [3.8, 4) is 5.75 Å². The minimum Gasteiger partial charge on any atom is -0.490 e. The van der Waals surface area contributed by atoms with Crippen molar-refractivity contribution in [2.24, 2.45) is 11.7 Å². The van der Waals surface area contributed by atoms with E-state index in [9.17, 15) is 0 Å².